The molecule has 0 amide bonds. The van der Waals surface area contributed by atoms with Crippen molar-refractivity contribution in [1.29, 1.82) is 0 Å². The molecule has 0 aliphatic heterocycles. The molecule has 0 saturated carbocycles. The van der Waals surface area contributed by atoms with Crippen molar-refractivity contribution < 1.29 is 0 Å². The van der Waals surface area contributed by atoms with E-state index in [9.17, 15) is 0 Å². The van der Waals surface area contributed by atoms with E-state index < -0.39 is 0 Å². The Morgan fingerprint density at radius 2 is 0.964 bits per heavy atom. The summed E-state index contributed by atoms with van der Waals surface area (Å²) in [5, 5.41) is 2.71. The van der Waals surface area contributed by atoms with Crippen LogP contribution in [0.4, 0.5) is 0 Å². The summed E-state index contributed by atoms with van der Waals surface area (Å²) in [6.07, 6.45) is 0. The predicted molar refractivity (Wildman–Crippen MR) is 119 cm³/mol. The molecule has 0 saturated heterocycles. The molecule has 0 N–H and O–H groups in total. The molecule has 0 nitrogen and oxygen atoms in total. The molecular weight excluding hydrogens is 336 g/mol. The van der Waals surface area contributed by atoms with Crippen molar-refractivity contribution in [2.75, 3.05) is 0 Å². The lowest BCUT2D eigenvalue weighted by molar-refractivity contribution is 1.62. The fraction of sp³-hybridized carbons (Fsp3) is 0. The van der Waals surface area contributed by atoms with Gasteiger partial charge in [-0.05, 0) is 61.3 Å². The number of benzene rings is 5. The van der Waals surface area contributed by atoms with Gasteiger partial charge in [-0.25, -0.2) is 0 Å². The highest BCUT2D eigenvalue weighted by atomic mass is 14.3. The minimum Gasteiger partial charge on any atom is -0.0622 e. The van der Waals surface area contributed by atoms with Crippen molar-refractivity contribution >= 4 is 10.8 Å². The van der Waals surface area contributed by atoms with Crippen LogP contribution in [-0.4, -0.2) is 0 Å². The molecule has 0 fully saturated rings. The highest BCUT2D eigenvalue weighted by Crippen LogP contribution is 2.50. The zero-order valence-electron chi connectivity index (χ0n) is 15.4. The molecule has 0 bridgehead atoms. The third kappa shape index (κ3) is 2.18. The molecule has 5 aromatic rings. The molecule has 28 heavy (non-hydrogen) atoms. The van der Waals surface area contributed by atoms with Gasteiger partial charge >= 0.3 is 0 Å². The van der Waals surface area contributed by atoms with E-state index in [0.29, 0.717) is 0 Å². The van der Waals surface area contributed by atoms with Crippen LogP contribution in [0.5, 0.6) is 0 Å². The number of hydrogen-bond donors (Lipinski definition) is 0. The van der Waals surface area contributed by atoms with Crippen LogP contribution in [-0.2, 0) is 0 Å². The second-order valence-electron chi connectivity index (χ2n) is 7.38. The van der Waals surface area contributed by atoms with Crippen LogP contribution in [0.3, 0.4) is 0 Å². The first-order valence-corrected chi connectivity index (χ1v) is 9.71. The summed E-state index contributed by atoms with van der Waals surface area (Å²) in [4.78, 5) is 0. The first kappa shape index (κ1) is 15.4. The lowest BCUT2D eigenvalue weighted by Gasteiger charge is -2.09. The van der Waals surface area contributed by atoms with Crippen LogP contribution >= 0.6 is 0 Å². The Hall–Kier alpha value is -3.64. The monoisotopic (exact) mass is 354 g/mol. The van der Waals surface area contributed by atoms with Gasteiger partial charge in [-0.2, -0.15) is 0 Å². The van der Waals surface area contributed by atoms with Gasteiger partial charge in [-0.1, -0.05) is 103 Å². The molecule has 130 valence electrons. The van der Waals surface area contributed by atoms with Gasteiger partial charge in [0.2, 0.25) is 0 Å². The highest BCUT2D eigenvalue weighted by Gasteiger charge is 2.23. The summed E-state index contributed by atoms with van der Waals surface area (Å²) in [6.45, 7) is 0. The second kappa shape index (κ2) is 5.94. The topological polar surface area (TPSA) is 0 Å². The van der Waals surface area contributed by atoms with E-state index in [4.69, 9.17) is 0 Å². The van der Waals surface area contributed by atoms with Crippen molar-refractivity contribution in [3.63, 3.8) is 0 Å². The standard InChI is InChI=1S/C28H18/c1-3-8-19(9-4-1)21-14-15-23-25-13-7-12-24-22(20-10-5-2-6-11-20)16-17-26(28(24)25)27(23)18-21/h1-18H. The van der Waals surface area contributed by atoms with Gasteiger partial charge in [0.25, 0.3) is 0 Å². The lowest BCUT2D eigenvalue weighted by atomic mass is 9.94. The highest BCUT2D eigenvalue weighted by molar-refractivity contribution is 6.19. The number of fused-ring (bicyclic) bond motifs is 3. The van der Waals surface area contributed by atoms with E-state index in [0.717, 1.165) is 0 Å². The van der Waals surface area contributed by atoms with Crippen molar-refractivity contribution in [2.45, 2.75) is 0 Å². The van der Waals surface area contributed by atoms with Gasteiger partial charge in [-0.15, -0.1) is 0 Å². The third-order valence-electron chi connectivity index (χ3n) is 5.83. The maximum Gasteiger partial charge on any atom is -0.00201 e. The maximum atomic E-state index is 2.35. The zero-order chi connectivity index (χ0) is 18.5. The summed E-state index contributed by atoms with van der Waals surface area (Å²) < 4.78 is 0. The van der Waals surface area contributed by atoms with E-state index >= 15 is 0 Å². The normalized spacial score (nSPS) is 11.6. The summed E-state index contributed by atoms with van der Waals surface area (Å²) in [5.41, 5.74) is 10.5. The fourth-order valence-corrected chi connectivity index (χ4v) is 4.54. The first-order chi connectivity index (χ1) is 13.9. The molecule has 1 aliphatic rings. The Morgan fingerprint density at radius 3 is 1.75 bits per heavy atom. The van der Waals surface area contributed by atoms with E-state index in [1.807, 2.05) is 0 Å². The first-order valence-electron chi connectivity index (χ1n) is 9.71. The van der Waals surface area contributed by atoms with Gasteiger partial charge in [-0.3, -0.25) is 0 Å². The van der Waals surface area contributed by atoms with Gasteiger partial charge in [0.15, 0.2) is 0 Å². The molecule has 0 spiro atoms. The molecule has 0 heterocycles. The van der Waals surface area contributed by atoms with E-state index in [2.05, 4.69) is 109 Å². The second-order valence-corrected chi connectivity index (χ2v) is 7.38. The van der Waals surface area contributed by atoms with Crippen LogP contribution in [0.1, 0.15) is 0 Å². The molecule has 1 aliphatic carbocycles. The van der Waals surface area contributed by atoms with Crippen molar-refractivity contribution in [1.82, 2.24) is 0 Å². The number of rotatable bonds is 2. The summed E-state index contributed by atoms with van der Waals surface area (Å²) in [7, 11) is 0. The van der Waals surface area contributed by atoms with E-state index in [1.54, 1.807) is 0 Å². The van der Waals surface area contributed by atoms with Crippen molar-refractivity contribution in [2.24, 2.45) is 0 Å². The van der Waals surface area contributed by atoms with Crippen LogP contribution in [0.2, 0.25) is 0 Å². The Labute approximate surface area is 164 Å². The molecular formula is C28H18. The lowest BCUT2D eigenvalue weighted by Crippen LogP contribution is -1.83. The summed E-state index contributed by atoms with van der Waals surface area (Å²) >= 11 is 0. The van der Waals surface area contributed by atoms with Gasteiger partial charge in [0.1, 0.15) is 0 Å². The minimum atomic E-state index is 1.26. The Morgan fingerprint density at radius 1 is 0.321 bits per heavy atom. The maximum absolute atomic E-state index is 2.35. The molecule has 0 radical (unpaired) electrons. The number of hydrogen-bond acceptors (Lipinski definition) is 0. The van der Waals surface area contributed by atoms with Crippen LogP contribution in [0, 0.1) is 0 Å². The average molecular weight is 354 g/mol. The molecule has 0 aromatic heterocycles. The predicted octanol–water partition coefficient (Wildman–Crippen LogP) is 7.82. The molecule has 0 heteroatoms. The van der Waals surface area contributed by atoms with Crippen LogP contribution in [0.15, 0.2) is 109 Å². The van der Waals surface area contributed by atoms with Crippen molar-refractivity contribution in [3.8, 4) is 44.5 Å². The van der Waals surface area contributed by atoms with E-state index in [1.165, 1.54) is 55.3 Å². The van der Waals surface area contributed by atoms with Gasteiger partial charge in [0.05, 0.1) is 0 Å². The summed E-state index contributed by atoms with van der Waals surface area (Å²) in [5.74, 6) is 0. The van der Waals surface area contributed by atoms with E-state index in [-0.39, 0.29) is 0 Å². The largest absolute Gasteiger partial charge is 0.0622 e. The quantitative estimate of drug-likeness (QED) is 0.297. The fourth-order valence-electron chi connectivity index (χ4n) is 4.54. The van der Waals surface area contributed by atoms with Crippen LogP contribution < -0.4 is 0 Å². The summed E-state index contributed by atoms with van der Waals surface area (Å²) in [6, 6.07) is 39.5. The SMILES string of the molecule is c1ccc(-c2ccc3c(c2)-c2ccc(-c4ccccc4)c4cccc-3c24)cc1. The molecule has 5 aromatic carbocycles. The Kier molecular flexibility index (Phi) is 3.27. The zero-order valence-corrected chi connectivity index (χ0v) is 15.4. The Balaban J connectivity index is 1.61. The van der Waals surface area contributed by atoms with Gasteiger partial charge < -0.3 is 0 Å². The minimum absolute atomic E-state index is 1.26. The van der Waals surface area contributed by atoms with Gasteiger partial charge in [0, 0.05) is 0 Å². The van der Waals surface area contributed by atoms with Crippen LogP contribution in [0.25, 0.3) is 55.3 Å². The Bertz CT molecular complexity index is 1330. The smallest absolute Gasteiger partial charge is 0.00201 e. The average Bonchev–Trinajstić information content (AvgIpc) is 3.10. The molecule has 0 unspecified atom stereocenters. The third-order valence-corrected chi connectivity index (χ3v) is 5.83. The molecule has 6 rings (SSSR count). The van der Waals surface area contributed by atoms with Crippen molar-refractivity contribution in [3.05, 3.63) is 109 Å². The molecule has 0 atom stereocenters.